The van der Waals surface area contributed by atoms with Crippen LogP contribution in [0.1, 0.15) is 0 Å². The Morgan fingerprint density at radius 1 is 1.57 bits per heavy atom. The van der Waals surface area contributed by atoms with Crippen molar-refractivity contribution >= 4 is 17.8 Å². The SMILES string of the molecule is NC(=O)COC(=O)Cn1cnc(N)n1. The van der Waals surface area contributed by atoms with E-state index in [1.54, 1.807) is 0 Å². The number of anilines is 1. The van der Waals surface area contributed by atoms with Crippen molar-refractivity contribution in [2.45, 2.75) is 6.54 Å². The van der Waals surface area contributed by atoms with Gasteiger partial charge in [-0.3, -0.25) is 9.59 Å². The van der Waals surface area contributed by atoms with Gasteiger partial charge in [-0.05, 0) is 0 Å². The molecule has 0 saturated heterocycles. The molecule has 1 aromatic heterocycles. The van der Waals surface area contributed by atoms with Gasteiger partial charge in [-0.1, -0.05) is 0 Å². The van der Waals surface area contributed by atoms with Crippen molar-refractivity contribution in [2.75, 3.05) is 12.3 Å². The van der Waals surface area contributed by atoms with Crippen molar-refractivity contribution in [1.29, 1.82) is 0 Å². The van der Waals surface area contributed by atoms with Gasteiger partial charge in [-0.2, -0.15) is 0 Å². The molecule has 1 aromatic rings. The highest BCUT2D eigenvalue weighted by Gasteiger charge is 2.06. The number of aromatic nitrogens is 3. The molecule has 0 aromatic carbocycles. The molecule has 0 saturated carbocycles. The van der Waals surface area contributed by atoms with E-state index in [0.717, 1.165) is 0 Å². The maximum absolute atomic E-state index is 11.0. The highest BCUT2D eigenvalue weighted by Crippen LogP contribution is 1.90. The molecule has 0 bridgehead atoms. The first-order valence-electron chi connectivity index (χ1n) is 3.67. The fourth-order valence-electron chi connectivity index (χ4n) is 0.715. The van der Waals surface area contributed by atoms with Crippen molar-refractivity contribution in [1.82, 2.24) is 14.8 Å². The Labute approximate surface area is 78.8 Å². The van der Waals surface area contributed by atoms with E-state index in [4.69, 9.17) is 11.5 Å². The zero-order valence-electron chi connectivity index (χ0n) is 7.21. The van der Waals surface area contributed by atoms with Crippen LogP contribution >= 0.6 is 0 Å². The number of primary amides is 1. The van der Waals surface area contributed by atoms with Gasteiger partial charge < -0.3 is 16.2 Å². The minimum atomic E-state index is -0.712. The lowest BCUT2D eigenvalue weighted by Crippen LogP contribution is -2.23. The summed E-state index contributed by atoms with van der Waals surface area (Å²) in [5, 5.41) is 3.64. The van der Waals surface area contributed by atoms with Gasteiger partial charge in [0.25, 0.3) is 5.91 Å². The fourth-order valence-corrected chi connectivity index (χ4v) is 0.715. The van der Waals surface area contributed by atoms with E-state index in [1.807, 2.05) is 0 Å². The maximum atomic E-state index is 11.0. The van der Waals surface area contributed by atoms with Gasteiger partial charge in [0.2, 0.25) is 5.95 Å². The molecule has 76 valence electrons. The molecular weight excluding hydrogens is 190 g/mol. The standard InChI is InChI=1S/C6H9N5O3/c7-4(12)2-14-5(13)1-11-3-9-6(8)10-11/h3H,1-2H2,(H2,7,12)(H2,8,10). The first-order valence-corrected chi connectivity index (χ1v) is 3.67. The first kappa shape index (κ1) is 9.96. The number of nitrogens with two attached hydrogens (primary N) is 2. The molecular formula is C6H9N5O3. The number of carbonyl (C=O) groups is 2. The number of amides is 1. The molecule has 1 heterocycles. The Balaban J connectivity index is 2.37. The summed E-state index contributed by atoms with van der Waals surface area (Å²) in [6.07, 6.45) is 1.28. The predicted octanol–water partition coefficient (Wildman–Crippen LogP) is -2.11. The van der Waals surface area contributed by atoms with Gasteiger partial charge in [-0.25, -0.2) is 9.67 Å². The number of nitrogen functional groups attached to an aromatic ring is 1. The summed E-state index contributed by atoms with van der Waals surface area (Å²) in [6.45, 7) is -0.597. The van der Waals surface area contributed by atoms with Gasteiger partial charge >= 0.3 is 5.97 Å². The third-order valence-corrected chi connectivity index (χ3v) is 1.22. The van der Waals surface area contributed by atoms with Crippen LogP contribution < -0.4 is 11.5 Å². The number of nitrogens with zero attached hydrogens (tertiary/aromatic N) is 3. The second-order valence-corrected chi connectivity index (χ2v) is 2.43. The largest absolute Gasteiger partial charge is 0.454 e. The van der Waals surface area contributed by atoms with E-state index >= 15 is 0 Å². The topological polar surface area (TPSA) is 126 Å². The molecule has 0 aliphatic heterocycles. The average molecular weight is 199 g/mol. The molecule has 14 heavy (non-hydrogen) atoms. The van der Waals surface area contributed by atoms with E-state index in [2.05, 4.69) is 14.8 Å². The number of rotatable bonds is 4. The summed E-state index contributed by atoms with van der Waals surface area (Å²) < 4.78 is 5.67. The second kappa shape index (κ2) is 4.21. The number of hydrogen-bond acceptors (Lipinski definition) is 6. The van der Waals surface area contributed by atoms with Crippen molar-refractivity contribution in [2.24, 2.45) is 5.73 Å². The van der Waals surface area contributed by atoms with E-state index in [9.17, 15) is 9.59 Å². The molecule has 0 aliphatic rings. The molecule has 4 N–H and O–H groups in total. The van der Waals surface area contributed by atoms with E-state index < -0.39 is 18.5 Å². The summed E-state index contributed by atoms with van der Waals surface area (Å²) in [4.78, 5) is 24.8. The summed E-state index contributed by atoms with van der Waals surface area (Å²) in [5.41, 5.74) is 9.97. The second-order valence-electron chi connectivity index (χ2n) is 2.43. The third-order valence-electron chi connectivity index (χ3n) is 1.22. The number of hydrogen-bond donors (Lipinski definition) is 2. The van der Waals surface area contributed by atoms with Gasteiger partial charge in [0.15, 0.2) is 6.61 Å². The molecule has 0 radical (unpaired) electrons. The van der Waals surface area contributed by atoms with Gasteiger partial charge in [-0.15, -0.1) is 5.10 Å². The quantitative estimate of drug-likeness (QED) is 0.534. The molecule has 8 heteroatoms. The number of carbonyl (C=O) groups excluding carboxylic acids is 2. The summed E-state index contributed by atoms with van der Waals surface area (Å²) in [5.74, 6) is -1.28. The smallest absolute Gasteiger partial charge is 0.328 e. The highest BCUT2D eigenvalue weighted by molar-refractivity contribution is 5.78. The van der Waals surface area contributed by atoms with Crippen molar-refractivity contribution in [3.8, 4) is 0 Å². The van der Waals surface area contributed by atoms with Crippen molar-refractivity contribution in [3.05, 3.63) is 6.33 Å². The van der Waals surface area contributed by atoms with E-state index in [1.165, 1.54) is 11.0 Å². The molecule has 1 amide bonds. The fraction of sp³-hybridized carbons (Fsp3) is 0.333. The van der Waals surface area contributed by atoms with Crippen LogP contribution in [0.2, 0.25) is 0 Å². The van der Waals surface area contributed by atoms with Gasteiger partial charge in [0, 0.05) is 0 Å². The summed E-state index contributed by atoms with van der Waals surface area (Å²) in [6, 6.07) is 0. The van der Waals surface area contributed by atoms with Crippen LogP contribution in [-0.4, -0.2) is 33.2 Å². The molecule has 0 atom stereocenters. The molecule has 1 rings (SSSR count). The number of ether oxygens (including phenoxy) is 1. The van der Waals surface area contributed by atoms with Crippen molar-refractivity contribution in [3.63, 3.8) is 0 Å². The van der Waals surface area contributed by atoms with Crippen LogP contribution in [0.3, 0.4) is 0 Å². The summed E-state index contributed by atoms with van der Waals surface area (Å²) in [7, 11) is 0. The van der Waals surface area contributed by atoms with Crippen LogP contribution in [0.4, 0.5) is 5.95 Å². The zero-order valence-corrected chi connectivity index (χ0v) is 7.21. The zero-order chi connectivity index (χ0) is 10.6. The molecule has 0 aliphatic carbocycles. The lowest BCUT2D eigenvalue weighted by molar-refractivity contribution is -0.148. The number of esters is 1. The Bertz CT molecular complexity index is 347. The molecule has 0 unspecified atom stereocenters. The third kappa shape index (κ3) is 3.09. The van der Waals surface area contributed by atoms with E-state index in [-0.39, 0.29) is 12.5 Å². The summed E-state index contributed by atoms with van der Waals surface area (Å²) >= 11 is 0. The van der Waals surface area contributed by atoms with Gasteiger partial charge in [0.1, 0.15) is 12.9 Å². The van der Waals surface area contributed by atoms with Crippen LogP contribution in [-0.2, 0) is 20.9 Å². The lowest BCUT2D eigenvalue weighted by Gasteiger charge is -2.00. The minimum absolute atomic E-state index is 0.0627. The maximum Gasteiger partial charge on any atom is 0.328 e. The Morgan fingerprint density at radius 2 is 2.29 bits per heavy atom. The Morgan fingerprint density at radius 3 is 2.79 bits per heavy atom. The average Bonchev–Trinajstić information content (AvgIpc) is 2.48. The van der Waals surface area contributed by atoms with Crippen LogP contribution in [0, 0.1) is 0 Å². The monoisotopic (exact) mass is 199 g/mol. The highest BCUT2D eigenvalue weighted by atomic mass is 16.5. The first-order chi connectivity index (χ1) is 6.58. The van der Waals surface area contributed by atoms with Crippen LogP contribution in [0.15, 0.2) is 6.33 Å². The van der Waals surface area contributed by atoms with Crippen molar-refractivity contribution < 1.29 is 14.3 Å². The lowest BCUT2D eigenvalue weighted by atomic mass is 10.6. The molecule has 0 fully saturated rings. The van der Waals surface area contributed by atoms with Gasteiger partial charge in [0.05, 0.1) is 0 Å². The predicted molar refractivity (Wildman–Crippen MR) is 44.6 cm³/mol. The van der Waals surface area contributed by atoms with E-state index in [0.29, 0.717) is 0 Å². The normalized spacial score (nSPS) is 9.71. The Hall–Kier alpha value is -2.12. The minimum Gasteiger partial charge on any atom is -0.454 e. The van der Waals surface area contributed by atoms with Crippen LogP contribution in [0.5, 0.6) is 0 Å². The molecule has 8 nitrogen and oxygen atoms in total. The Kier molecular flexibility index (Phi) is 3.00. The molecule has 0 spiro atoms. The van der Waals surface area contributed by atoms with Crippen LogP contribution in [0.25, 0.3) is 0 Å².